The van der Waals surface area contributed by atoms with E-state index in [1.165, 1.54) is 6.92 Å². The number of benzene rings is 1. The molecule has 0 aliphatic heterocycles. The Morgan fingerprint density at radius 1 is 1.30 bits per heavy atom. The molecule has 110 valence electrons. The maximum atomic E-state index is 11.8. The van der Waals surface area contributed by atoms with Crippen molar-refractivity contribution in [3.8, 4) is 0 Å². The monoisotopic (exact) mass is 276 g/mol. The third-order valence-electron chi connectivity index (χ3n) is 3.09. The Bertz CT molecular complexity index is 458. The Morgan fingerprint density at radius 2 is 2.05 bits per heavy atom. The van der Waals surface area contributed by atoms with Gasteiger partial charge in [0.1, 0.15) is 0 Å². The summed E-state index contributed by atoms with van der Waals surface area (Å²) in [4.78, 5) is 25.0. The number of nitrogens with one attached hydrogen (secondary N) is 1. The fraction of sp³-hybridized carbons (Fsp3) is 0.500. The highest BCUT2D eigenvalue weighted by atomic mass is 16.2. The van der Waals surface area contributed by atoms with Gasteiger partial charge in [-0.1, -0.05) is 43.2 Å². The van der Waals surface area contributed by atoms with Crippen molar-refractivity contribution in [1.29, 1.82) is 0 Å². The van der Waals surface area contributed by atoms with Crippen molar-refractivity contribution in [3.63, 3.8) is 0 Å². The Hall–Kier alpha value is -1.84. The van der Waals surface area contributed by atoms with Crippen LogP contribution in [0, 0.1) is 6.92 Å². The minimum atomic E-state index is -0.0960. The summed E-state index contributed by atoms with van der Waals surface area (Å²) >= 11 is 0. The van der Waals surface area contributed by atoms with Crippen LogP contribution >= 0.6 is 0 Å². The van der Waals surface area contributed by atoms with Gasteiger partial charge in [0.05, 0.1) is 6.54 Å². The molecule has 0 heterocycles. The molecule has 20 heavy (non-hydrogen) atoms. The number of nitrogens with zero attached hydrogens (tertiary/aromatic N) is 1. The lowest BCUT2D eigenvalue weighted by molar-refractivity contribution is -0.134. The summed E-state index contributed by atoms with van der Waals surface area (Å²) in [5, 5.41) is 2.83. The van der Waals surface area contributed by atoms with Crippen molar-refractivity contribution in [2.75, 3.05) is 13.1 Å². The first-order chi connectivity index (χ1) is 9.52. The Morgan fingerprint density at radius 3 is 2.65 bits per heavy atom. The van der Waals surface area contributed by atoms with Crippen LogP contribution in [0.5, 0.6) is 0 Å². The Labute approximate surface area is 121 Å². The molecule has 0 spiro atoms. The molecule has 0 aromatic heterocycles. The molecule has 0 aliphatic carbocycles. The van der Waals surface area contributed by atoms with E-state index in [0.717, 1.165) is 24.0 Å². The van der Waals surface area contributed by atoms with E-state index >= 15 is 0 Å². The van der Waals surface area contributed by atoms with Crippen LogP contribution in [0.2, 0.25) is 0 Å². The molecule has 1 aromatic carbocycles. The smallest absolute Gasteiger partial charge is 0.239 e. The second-order valence-electron chi connectivity index (χ2n) is 5.07. The van der Waals surface area contributed by atoms with Crippen LogP contribution < -0.4 is 5.32 Å². The van der Waals surface area contributed by atoms with Crippen LogP contribution in [0.1, 0.15) is 37.8 Å². The van der Waals surface area contributed by atoms with Crippen LogP contribution in [0.3, 0.4) is 0 Å². The van der Waals surface area contributed by atoms with Crippen molar-refractivity contribution in [2.45, 2.75) is 40.2 Å². The molecular formula is C16H24N2O2. The summed E-state index contributed by atoms with van der Waals surface area (Å²) in [6, 6.07) is 7.98. The minimum Gasteiger partial charge on any atom is -0.355 e. The van der Waals surface area contributed by atoms with Crippen LogP contribution in [0.4, 0.5) is 0 Å². The summed E-state index contributed by atoms with van der Waals surface area (Å²) in [6.07, 6.45) is 2.00. The van der Waals surface area contributed by atoms with Gasteiger partial charge in [0.25, 0.3) is 0 Å². The van der Waals surface area contributed by atoms with E-state index in [2.05, 4.69) is 12.2 Å². The number of aryl methyl sites for hydroxylation is 1. The topological polar surface area (TPSA) is 49.4 Å². The molecule has 4 nitrogen and oxygen atoms in total. The Kier molecular flexibility index (Phi) is 6.77. The van der Waals surface area contributed by atoms with Gasteiger partial charge in [-0.05, 0) is 18.9 Å². The molecule has 0 saturated carbocycles. The standard InChI is InChI=1S/C16H24N2O2/c1-4-5-9-17-16(20)12-18(14(3)19)11-15-8-6-7-13(2)10-15/h6-8,10H,4-5,9,11-12H2,1-3H3,(H,17,20). The fourth-order valence-corrected chi connectivity index (χ4v) is 1.94. The third-order valence-corrected chi connectivity index (χ3v) is 3.09. The zero-order chi connectivity index (χ0) is 15.0. The molecule has 4 heteroatoms. The molecule has 0 atom stereocenters. The fourth-order valence-electron chi connectivity index (χ4n) is 1.94. The van der Waals surface area contributed by atoms with E-state index < -0.39 is 0 Å². The van der Waals surface area contributed by atoms with E-state index in [9.17, 15) is 9.59 Å². The Balaban J connectivity index is 2.56. The summed E-state index contributed by atoms with van der Waals surface area (Å²) in [5.74, 6) is -0.182. The second kappa shape index (κ2) is 8.35. The van der Waals surface area contributed by atoms with E-state index in [4.69, 9.17) is 0 Å². The van der Waals surface area contributed by atoms with E-state index in [-0.39, 0.29) is 18.4 Å². The van der Waals surface area contributed by atoms with E-state index in [1.54, 1.807) is 4.90 Å². The summed E-state index contributed by atoms with van der Waals surface area (Å²) in [7, 11) is 0. The van der Waals surface area contributed by atoms with Crippen LogP contribution in [-0.2, 0) is 16.1 Å². The molecule has 0 fully saturated rings. The maximum absolute atomic E-state index is 11.8. The average Bonchev–Trinajstić information content (AvgIpc) is 2.38. The third kappa shape index (κ3) is 5.87. The number of carbonyl (C=O) groups excluding carboxylic acids is 2. The van der Waals surface area contributed by atoms with Crippen LogP contribution in [0.15, 0.2) is 24.3 Å². The first-order valence-electron chi connectivity index (χ1n) is 7.10. The zero-order valence-corrected chi connectivity index (χ0v) is 12.6. The number of unbranched alkanes of at least 4 members (excludes halogenated alkanes) is 1. The van der Waals surface area contributed by atoms with Crippen molar-refractivity contribution in [2.24, 2.45) is 0 Å². The number of hydrogen-bond donors (Lipinski definition) is 1. The quantitative estimate of drug-likeness (QED) is 0.777. The summed E-state index contributed by atoms with van der Waals surface area (Å²) in [6.45, 7) is 6.84. The maximum Gasteiger partial charge on any atom is 0.239 e. The van der Waals surface area contributed by atoms with Crippen molar-refractivity contribution < 1.29 is 9.59 Å². The van der Waals surface area contributed by atoms with Gasteiger partial charge in [0, 0.05) is 20.0 Å². The molecule has 0 bridgehead atoms. The highest BCUT2D eigenvalue weighted by Gasteiger charge is 2.13. The number of rotatable bonds is 7. The highest BCUT2D eigenvalue weighted by molar-refractivity contribution is 5.83. The van der Waals surface area contributed by atoms with E-state index in [0.29, 0.717) is 13.1 Å². The van der Waals surface area contributed by atoms with Gasteiger partial charge in [0.2, 0.25) is 11.8 Å². The molecule has 2 amide bonds. The number of amides is 2. The summed E-state index contributed by atoms with van der Waals surface area (Å²) in [5.41, 5.74) is 2.19. The minimum absolute atomic E-state index is 0.0860. The largest absolute Gasteiger partial charge is 0.355 e. The van der Waals surface area contributed by atoms with Crippen LogP contribution in [0.25, 0.3) is 0 Å². The predicted octanol–water partition coefficient (Wildman–Crippen LogP) is 2.26. The van der Waals surface area contributed by atoms with Crippen LogP contribution in [-0.4, -0.2) is 29.8 Å². The van der Waals surface area contributed by atoms with E-state index in [1.807, 2.05) is 31.2 Å². The SMILES string of the molecule is CCCCNC(=O)CN(Cc1cccc(C)c1)C(C)=O. The molecule has 1 rings (SSSR count). The van der Waals surface area contributed by atoms with Gasteiger partial charge in [0.15, 0.2) is 0 Å². The van der Waals surface area contributed by atoms with Gasteiger partial charge < -0.3 is 10.2 Å². The van der Waals surface area contributed by atoms with Gasteiger partial charge >= 0.3 is 0 Å². The molecular weight excluding hydrogens is 252 g/mol. The first kappa shape index (κ1) is 16.2. The zero-order valence-electron chi connectivity index (χ0n) is 12.6. The lowest BCUT2D eigenvalue weighted by Gasteiger charge is -2.21. The number of hydrogen-bond acceptors (Lipinski definition) is 2. The molecule has 0 saturated heterocycles. The molecule has 0 radical (unpaired) electrons. The average molecular weight is 276 g/mol. The first-order valence-corrected chi connectivity index (χ1v) is 7.10. The predicted molar refractivity (Wildman–Crippen MR) is 80.2 cm³/mol. The summed E-state index contributed by atoms with van der Waals surface area (Å²) < 4.78 is 0. The molecule has 1 aromatic rings. The number of carbonyl (C=O) groups is 2. The van der Waals surface area contributed by atoms with Crippen molar-refractivity contribution in [3.05, 3.63) is 35.4 Å². The van der Waals surface area contributed by atoms with Gasteiger partial charge in [-0.15, -0.1) is 0 Å². The lowest BCUT2D eigenvalue weighted by atomic mass is 10.1. The normalized spacial score (nSPS) is 10.2. The van der Waals surface area contributed by atoms with Gasteiger partial charge in [-0.2, -0.15) is 0 Å². The lowest BCUT2D eigenvalue weighted by Crippen LogP contribution is -2.39. The van der Waals surface area contributed by atoms with Crippen molar-refractivity contribution in [1.82, 2.24) is 10.2 Å². The van der Waals surface area contributed by atoms with Crippen molar-refractivity contribution >= 4 is 11.8 Å². The van der Waals surface area contributed by atoms with Gasteiger partial charge in [-0.25, -0.2) is 0 Å². The van der Waals surface area contributed by atoms with Gasteiger partial charge in [-0.3, -0.25) is 9.59 Å². The molecule has 0 aliphatic rings. The highest BCUT2D eigenvalue weighted by Crippen LogP contribution is 2.07. The molecule has 1 N–H and O–H groups in total. The second-order valence-corrected chi connectivity index (χ2v) is 5.07. The molecule has 0 unspecified atom stereocenters.